The van der Waals surface area contributed by atoms with Crippen LogP contribution in [0, 0.1) is 0 Å². The molecule has 0 radical (unpaired) electrons. The smallest absolute Gasteiger partial charge is 0.236 e. The summed E-state index contributed by atoms with van der Waals surface area (Å²) in [4.78, 5) is 16.8. The maximum absolute atomic E-state index is 12.1. The summed E-state index contributed by atoms with van der Waals surface area (Å²) >= 11 is 0. The van der Waals surface area contributed by atoms with Gasteiger partial charge in [0.1, 0.15) is 0 Å². The molecule has 1 amide bonds. The van der Waals surface area contributed by atoms with Gasteiger partial charge in [0.2, 0.25) is 5.91 Å². The lowest BCUT2D eigenvalue weighted by molar-refractivity contribution is -0.135. The van der Waals surface area contributed by atoms with Crippen LogP contribution in [0.2, 0.25) is 0 Å². The molecule has 0 aromatic carbocycles. The predicted molar refractivity (Wildman–Crippen MR) is 68.9 cm³/mol. The van der Waals surface area contributed by atoms with E-state index in [1.807, 2.05) is 0 Å². The summed E-state index contributed by atoms with van der Waals surface area (Å²) < 4.78 is 0. The van der Waals surface area contributed by atoms with Gasteiger partial charge >= 0.3 is 0 Å². The van der Waals surface area contributed by atoms with E-state index in [4.69, 9.17) is 0 Å². The molecule has 98 valence electrons. The molecular weight excluding hydrogens is 214 g/mol. The number of carbonyl (C=O) groups excluding carboxylic acids is 1. The van der Waals surface area contributed by atoms with E-state index in [0.717, 1.165) is 13.1 Å². The van der Waals surface area contributed by atoms with Gasteiger partial charge in [-0.05, 0) is 26.3 Å². The standard InChI is InChI=1S/C13H25N3O/c1-10(2)14-7-13(17)16-9-12-5-4-6-15(12)8-11(16)3/h10-12,14H,4-9H2,1-3H3. The largest absolute Gasteiger partial charge is 0.336 e. The lowest BCUT2D eigenvalue weighted by atomic mass is 10.1. The average Bonchev–Trinajstić information content (AvgIpc) is 2.71. The van der Waals surface area contributed by atoms with Gasteiger partial charge < -0.3 is 10.2 Å². The molecule has 2 atom stereocenters. The fraction of sp³-hybridized carbons (Fsp3) is 0.923. The van der Waals surface area contributed by atoms with Crippen LogP contribution in [-0.4, -0.2) is 60.0 Å². The second-order valence-corrected chi connectivity index (χ2v) is 5.72. The molecule has 0 bridgehead atoms. The van der Waals surface area contributed by atoms with Crippen molar-refractivity contribution in [2.45, 2.75) is 51.7 Å². The van der Waals surface area contributed by atoms with Gasteiger partial charge in [0, 0.05) is 31.2 Å². The molecule has 2 heterocycles. The summed E-state index contributed by atoms with van der Waals surface area (Å²) in [5.41, 5.74) is 0. The molecule has 2 fully saturated rings. The summed E-state index contributed by atoms with van der Waals surface area (Å²) in [6.07, 6.45) is 2.55. The molecule has 0 aliphatic carbocycles. The molecule has 0 aromatic heterocycles. The summed E-state index contributed by atoms with van der Waals surface area (Å²) in [6.45, 7) is 10.0. The third-order valence-electron chi connectivity index (χ3n) is 3.92. The van der Waals surface area contributed by atoms with Crippen molar-refractivity contribution in [2.75, 3.05) is 26.2 Å². The van der Waals surface area contributed by atoms with Crippen LogP contribution in [-0.2, 0) is 4.79 Å². The Morgan fingerprint density at radius 1 is 1.41 bits per heavy atom. The van der Waals surface area contributed by atoms with Gasteiger partial charge in [0.25, 0.3) is 0 Å². The van der Waals surface area contributed by atoms with Crippen molar-refractivity contribution in [3.05, 3.63) is 0 Å². The highest BCUT2D eigenvalue weighted by molar-refractivity contribution is 5.78. The molecule has 2 rings (SSSR count). The van der Waals surface area contributed by atoms with Gasteiger partial charge in [-0.1, -0.05) is 13.8 Å². The van der Waals surface area contributed by atoms with Gasteiger partial charge in [-0.15, -0.1) is 0 Å². The number of hydrogen-bond acceptors (Lipinski definition) is 3. The lowest BCUT2D eigenvalue weighted by Gasteiger charge is -2.42. The van der Waals surface area contributed by atoms with Crippen molar-refractivity contribution in [2.24, 2.45) is 0 Å². The minimum Gasteiger partial charge on any atom is -0.336 e. The fourth-order valence-corrected chi connectivity index (χ4v) is 2.93. The number of hydrogen-bond donors (Lipinski definition) is 1. The average molecular weight is 239 g/mol. The monoisotopic (exact) mass is 239 g/mol. The number of amides is 1. The molecule has 2 aliphatic heterocycles. The van der Waals surface area contributed by atoms with E-state index in [1.165, 1.54) is 19.4 Å². The summed E-state index contributed by atoms with van der Waals surface area (Å²) in [6, 6.07) is 1.36. The lowest BCUT2D eigenvalue weighted by Crippen LogP contribution is -2.58. The van der Waals surface area contributed by atoms with Gasteiger partial charge in [0.05, 0.1) is 6.54 Å². The molecule has 4 heteroatoms. The molecule has 0 spiro atoms. The van der Waals surface area contributed by atoms with Crippen LogP contribution in [0.25, 0.3) is 0 Å². The van der Waals surface area contributed by atoms with Crippen LogP contribution in [0.3, 0.4) is 0 Å². The van der Waals surface area contributed by atoms with Gasteiger partial charge in [-0.25, -0.2) is 0 Å². The van der Waals surface area contributed by atoms with E-state index < -0.39 is 0 Å². The van der Waals surface area contributed by atoms with Crippen molar-refractivity contribution in [3.63, 3.8) is 0 Å². The second kappa shape index (κ2) is 5.36. The van der Waals surface area contributed by atoms with Gasteiger partial charge in [-0.3, -0.25) is 9.69 Å². The minimum absolute atomic E-state index is 0.262. The maximum atomic E-state index is 12.1. The second-order valence-electron chi connectivity index (χ2n) is 5.72. The Morgan fingerprint density at radius 3 is 2.88 bits per heavy atom. The molecule has 17 heavy (non-hydrogen) atoms. The van der Waals surface area contributed by atoms with E-state index in [2.05, 4.69) is 35.9 Å². The number of fused-ring (bicyclic) bond motifs is 1. The number of piperazine rings is 1. The summed E-state index contributed by atoms with van der Waals surface area (Å²) in [5.74, 6) is 0.262. The number of nitrogens with zero attached hydrogens (tertiary/aromatic N) is 2. The highest BCUT2D eigenvalue weighted by Crippen LogP contribution is 2.24. The van der Waals surface area contributed by atoms with Crippen LogP contribution in [0.1, 0.15) is 33.6 Å². The Kier molecular flexibility index (Phi) is 4.05. The molecule has 2 aliphatic rings. The minimum atomic E-state index is 0.262. The Labute approximate surface area is 104 Å². The maximum Gasteiger partial charge on any atom is 0.236 e. The third kappa shape index (κ3) is 2.99. The van der Waals surface area contributed by atoms with E-state index >= 15 is 0 Å². The summed E-state index contributed by atoms with van der Waals surface area (Å²) in [5, 5.41) is 3.22. The Bertz CT molecular complexity index is 280. The normalized spacial score (nSPS) is 29.8. The Morgan fingerprint density at radius 2 is 2.18 bits per heavy atom. The zero-order chi connectivity index (χ0) is 12.4. The van der Waals surface area contributed by atoms with Crippen LogP contribution in [0.4, 0.5) is 0 Å². The van der Waals surface area contributed by atoms with Gasteiger partial charge in [0.15, 0.2) is 0 Å². The number of rotatable bonds is 3. The number of nitrogens with one attached hydrogen (secondary N) is 1. The van der Waals surface area contributed by atoms with Crippen LogP contribution >= 0.6 is 0 Å². The molecule has 0 saturated carbocycles. The van der Waals surface area contributed by atoms with Crippen LogP contribution in [0.5, 0.6) is 0 Å². The first-order valence-corrected chi connectivity index (χ1v) is 6.85. The molecule has 0 aromatic rings. The molecular formula is C13H25N3O. The van der Waals surface area contributed by atoms with Crippen molar-refractivity contribution >= 4 is 5.91 Å². The van der Waals surface area contributed by atoms with Crippen molar-refractivity contribution in [1.82, 2.24) is 15.1 Å². The van der Waals surface area contributed by atoms with Crippen LogP contribution in [0.15, 0.2) is 0 Å². The highest BCUT2D eigenvalue weighted by atomic mass is 16.2. The van der Waals surface area contributed by atoms with E-state index in [1.54, 1.807) is 0 Å². The molecule has 1 N–H and O–H groups in total. The zero-order valence-electron chi connectivity index (χ0n) is 11.3. The molecule has 2 unspecified atom stereocenters. The zero-order valence-corrected chi connectivity index (χ0v) is 11.3. The van der Waals surface area contributed by atoms with Crippen molar-refractivity contribution in [1.29, 1.82) is 0 Å². The third-order valence-corrected chi connectivity index (χ3v) is 3.92. The van der Waals surface area contributed by atoms with E-state index in [9.17, 15) is 4.79 Å². The van der Waals surface area contributed by atoms with Crippen molar-refractivity contribution < 1.29 is 4.79 Å². The van der Waals surface area contributed by atoms with Crippen LogP contribution < -0.4 is 5.32 Å². The first-order chi connectivity index (χ1) is 8.08. The number of carbonyl (C=O) groups is 1. The topological polar surface area (TPSA) is 35.6 Å². The Balaban J connectivity index is 1.89. The quantitative estimate of drug-likeness (QED) is 0.786. The van der Waals surface area contributed by atoms with Gasteiger partial charge in [-0.2, -0.15) is 0 Å². The summed E-state index contributed by atoms with van der Waals surface area (Å²) in [7, 11) is 0. The molecule has 2 saturated heterocycles. The van der Waals surface area contributed by atoms with E-state index in [-0.39, 0.29) is 5.91 Å². The first kappa shape index (κ1) is 12.8. The highest BCUT2D eigenvalue weighted by Gasteiger charge is 2.36. The first-order valence-electron chi connectivity index (χ1n) is 6.85. The molecule has 4 nitrogen and oxygen atoms in total. The Hall–Kier alpha value is -0.610. The van der Waals surface area contributed by atoms with E-state index in [0.29, 0.717) is 24.7 Å². The fourth-order valence-electron chi connectivity index (χ4n) is 2.93. The SMILES string of the molecule is CC(C)NCC(=O)N1CC2CCCN2CC1C. The predicted octanol–water partition coefficient (Wildman–Crippen LogP) is 0.680. The van der Waals surface area contributed by atoms with Crippen molar-refractivity contribution in [3.8, 4) is 0 Å².